The quantitative estimate of drug-likeness (QED) is 0.683. The first-order valence-corrected chi connectivity index (χ1v) is 7.98. The summed E-state index contributed by atoms with van der Waals surface area (Å²) in [5.74, 6) is 0.770. The lowest BCUT2D eigenvalue weighted by Gasteiger charge is -2.30. The zero-order valence-electron chi connectivity index (χ0n) is 14.1. The van der Waals surface area contributed by atoms with E-state index in [0.29, 0.717) is 24.4 Å². The molecule has 0 aliphatic rings. The van der Waals surface area contributed by atoms with Crippen molar-refractivity contribution in [2.75, 3.05) is 30.7 Å². The summed E-state index contributed by atoms with van der Waals surface area (Å²) < 4.78 is 5.66. The third kappa shape index (κ3) is 5.46. The fourth-order valence-electron chi connectivity index (χ4n) is 2.47. The third-order valence-electron chi connectivity index (χ3n) is 3.54. The fraction of sp³-hybridized carbons (Fsp3) is 0.647. The van der Waals surface area contributed by atoms with Crippen LogP contribution in [0.25, 0.3) is 0 Å². The molecule has 21 heavy (non-hydrogen) atoms. The molecule has 0 bridgehead atoms. The molecule has 0 aliphatic heterocycles. The van der Waals surface area contributed by atoms with Crippen molar-refractivity contribution in [3.8, 4) is 5.75 Å². The van der Waals surface area contributed by atoms with Crippen LogP contribution in [0.15, 0.2) is 18.2 Å². The first-order valence-electron chi connectivity index (χ1n) is 7.98. The lowest BCUT2D eigenvalue weighted by molar-refractivity contribution is 0.182. The van der Waals surface area contributed by atoms with Gasteiger partial charge in [0.1, 0.15) is 5.75 Å². The molecule has 4 heteroatoms. The molecule has 1 aromatic carbocycles. The van der Waals surface area contributed by atoms with Gasteiger partial charge >= 0.3 is 0 Å². The van der Waals surface area contributed by atoms with Gasteiger partial charge < -0.3 is 15.8 Å². The van der Waals surface area contributed by atoms with Gasteiger partial charge in [-0.25, -0.2) is 0 Å². The van der Waals surface area contributed by atoms with Crippen molar-refractivity contribution in [3.05, 3.63) is 18.2 Å². The van der Waals surface area contributed by atoms with Crippen LogP contribution in [0.2, 0.25) is 0 Å². The van der Waals surface area contributed by atoms with Crippen LogP contribution in [-0.4, -0.2) is 36.7 Å². The van der Waals surface area contributed by atoms with E-state index >= 15 is 0 Å². The van der Waals surface area contributed by atoms with E-state index in [2.05, 4.69) is 44.8 Å². The maximum Gasteiger partial charge on any atom is 0.144 e. The Labute approximate surface area is 129 Å². The minimum absolute atomic E-state index is 0.545. The lowest BCUT2D eigenvalue weighted by atomic mass is 10.2. The van der Waals surface area contributed by atoms with Crippen LogP contribution in [0.5, 0.6) is 5.75 Å². The molecule has 0 heterocycles. The van der Waals surface area contributed by atoms with Gasteiger partial charge in [-0.2, -0.15) is 0 Å². The summed E-state index contributed by atoms with van der Waals surface area (Å²) in [4.78, 5) is 2.46. The highest BCUT2D eigenvalue weighted by Crippen LogP contribution is 2.29. The predicted molar refractivity (Wildman–Crippen MR) is 92.1 cm³/mol. The van der Waals surface area contributed by atoms with Crippen LogP contribution in [0.3, 0.4) is 0 Å². The highest BCUT2D eigenvalue weighted by atomic mass is 16.5. The number of anilines is 2. The third-order valence-corrected chi connectivity index (χ3v) is 3.54. The maximum absolute atomic E-state index is 6.16. The maximum atomic E-state index is 6.16. The highest BCUT2D eigenvalue weighted by Gasteiger charge is 2.13. The van der Waals surface area contributed by atoms with Crippen LogP contribution in [0, 0.1) is 0 Å². The Morgan fingerprint density at radius 3 is 2.43 bits per heavy atom. The van der Waals surface area contributed by atoms with Gasteiger partial charge in [-0.1, -0.05) is 13.0 Å². The minimum Gasteiger partial charge on any atom is -0.491 e. The molecular weight excluding hydrogens is 262 g/mol. The molecule has 1 rings (SSSR count). The summed E-state index contributed by atoms with van der Waals surface area (Å²) in [5, 5.41) is 3.42. The Balaban J connectivity index is 2.59. The van der Waals surface area contributed by atoms with Gasteiger partial charge in [-0.3, -0.25) is 4.90 Å². The van der Waals surface area contributed by atoms with E-state index in [4.69, 9.17) is 10.5 Å². The number of nitrogen functional groups attached to an aromatic ring is 1. The number of hydrogen-bond acceptors (Lipinski definition) is 4. The second kappa shape index (κ2) is 8.78. The fourth-order valence-corrected chi connectivity index (χ4v) is 2.47. The summed E-state index contributed by atoms with van der Waals surface area (Å²) in [5.41, 5.74) is 7.81. The van der Waals surface area contributed by atoms with Crippen LogP contribution >= 0.6 is 0 Å². The monoisotopic (exact) mass is 293 g/mol. The number of nitrogens with one attached hydrogen (secondary N) is 1. The Morgan fingerprint density at radius 2 is 1.86 bits per heavy atom. The van der Waals surface area contributed by atoms with E-state index in [1.165, 1.54) is 0 Å². The molecule has 0 amide bonds. The van der Waals surface area contributed by atoms with Crippen molar-refractivity contribution in [2.24, 2.45) is 0 Å². The van der Waals surface area contributed by atoms with Crippen molar-refractivity contribution in [2.45, 2.75) is 53.1 Å². The van der Waals surface area contributed by atoms with E-state index in [9.17, 15) is 0 Å². The number of nitrogens with zero attached hydrogens (tertiary/aromatic N) is 1. The normalized spacial score (nSPS) is 11.4. The minimum atomic E-state index is 0.545. The summed E-state index contributed by atoms with van der Waals surface area (Å²) in [6, 6.07) is 6.99. The predicted octanol–water partition coefficient (Wildman–Crippen LogP) is 3.59. The van der Waals surface area contributed by atoms with Crippen molar-refractivity contribution < 1.29 is 4.74 Å². The number of benzene rings is 1. The summed E-state index contributed by atoms with van der Waals surface area (Å²) in [7, 11) is 0. The summed E-state index contributed by atoms with van der Waals surface area (Å²) in [6.07, 6.45) is 0.981. The molecule has 0 saturated carbocycles. The van der Waals surface area contributed by atoms with Crippen LogP contribution in [-0.2, 0) is 0 Å². The number of para-hydroxylation sites is 1. The van der Waals surface area contributed by atoms with Crippen molar-refractivity contribution >= 4 is 11.4 Å². The highest BCUT2D eigenvalue weighted by molar-refractivity contribution is 5.72. The Hall–Kier alpha value is -1.42. The van der Waals surface area contributed by atoms with E-state index in [1.807, 2.05) is 18.2 Å². The van der Waals surface area contributed by atoms with Crippen molar-refractivity contribution in [1.29, 1.82) is 0 Å². The average molecular weight is 293 g/mol. The molecule has 120 valence electrons. The largest absolute Gasteiger partial charge is 0.491 e. The zero-order valence-corrected chi connectivity index (χ0v) is 14.1. The average Bonchev–Trinajstić information content (AvgIpc) is 2.43. The lowest BCUT2D eigenvalue weighted by Crippen LogP contribution is -2.40. The molecule has 1 aromatic rings. The Morgan fingerprint density at radius 1 is 1.19 bits per heavy atom. The van der Waals surface area contributed by atoms with Gasteiger partial charge in [0, 0.05) is 25.2 Å². The topological polar surface area (TPSA) is 50.5 Å². The van der Waals surface area contributed by atoms with E-state index < -0.39 is 0 Å². The van der Waals surface area contributed by atoms with E-state index in [1.54, 1.807) is 0 Å². The van der Waals surface area contributed by atoms with Crippen molar-refractivity contribution in [1.82, 2.24) is 4.90 Å². The molecule has 0 saturated heterocycles. The van der Waals surface area contributed by atoms with Gasteiger partial charge in [0.2, 0.25) is 0 Å². The summed E-state index contributed by atoms with van der Waals surface area (Å²) >= 11 is 0. The second-order valence-corrected chi connectivity index (χ2v) is 5.92. The van der Waals surface area contributed by atoms with Gasteiger partial charge in [0.25, 0.3) is 0 Å². The first-order chi connectivity index (χ1) is 9.97. The standard InChI is InChI=1S/C17H31N3O/c1-6-12-21-16-9-7-8-15(17(16)18)19-10-11-20(13(2)3)14(4)5/h7-9,13-14,19H,6,10-12,18H2,1-5H3. The van der Waals surface area contributed by atoms with E-state index in [-0.39, 0.29) is 0 Å². The SMILES string of the molecule is CCCOc1cccc(NCCN(C(C)C)C(C)C)c1N. The zero-order chi connectivity index (χ0) is 15.8. The number of ether oxygens (including phenoxy) is 1. The molecule has 3 N–H and O–H groups in total. The van der Waals surface area contributed by atoms with E-state index in [0.717, 1.165) is 30.9 Å². The Bertz CT molecular complexity index is 410. The second-order valence-electron chi connectivity index (χ2n) is 5.92. The molecular formula is C17H31N3O. The smallest absolute Gasteiger partial charge is 0.144 e. The number of rotatable bonds is 9. The van der Waals surface area contributed by atoms with Gasteiger partial charge in [0.15, 0.2) is 0 Å². The molecule has 0 fully saturated rings. The van der Waals surface area contributed by atoms with Crippen LogP contribution in [0.4, 0.5) is 11.4 Å². The Kier molecular flexibility index (Phi) is 7.37. The molecule has 0 aromatic heterocycles. The van der Waals surface area contributed by atoms with Crippen LogP contribution in [0.1, 0.15) is 41.0 Å². The molecule has 0 radical (unpaired) electrons. The molecule has 0 unspecified atom stereocenters. The molecule has 4 nitrogen and oxygen atoms in total. The van der Waals surface area contributed by atoms with Gasteiger partial charge in [-0.05, 0) is 46.2 Å². The first kappa shape index (κ1) is 17.6. The molecule has 0 aliphatic carbocycles. The summed E-state index contributed by atoms with van der Waals surface area (Å²) in [6.45, 7) is 13.6. The molecule has 0 atom stereocenters. The van der Waals surface area contributed by atoms with Crippen LogP contribution < -0.4 is 15.8 Å². The van der Waals surface area contributed by atoms with Gasteiger partial charge in [-0.15, -0.1) is 0 Å². The molecule has 0 spiro atoms. The number of hydrogen-bond donors (Lipinski definition) is 2. The number of nitrogens with two attached hydrogens (primary N) is 1. The van der Waals surface area contributed by atoms with Gasteiger partial charge in [0.05, 0.1) is 18.0 Å². The van der Waals surface area contributed by atoms with Crippen molar-refractivity contribution in [3.63, 3.8) is 0 Å².